The summed E-state index contributed by atoms with van der Waals surface area (Å²) < 4.78 is 18.9. The molecule has 2 heterocycles. The lowest BCUT2D eigenvalue weighted by Gasteiger charge is -2.09. The molecule has 6 nitrogen and oxygen atoms in total. The lowest BCUT2D eigenvalue weighted by molar-refractivity contribution is 0.0600. The fraction of sp³-hybridized carbons (Fsp3) is 0.172. The molecule has 0 N–H and O–H groups in total. The zero-order valence-electron chi connectivity index (χ0n) is 19.8. The SMILES string of the molecule is CCn1cc(/C=C2\Oc3cc(OCc4ccc(C(=O)OC)cc4)cc(C)c3C2=O)c2ccccc21. The molecule has 0 saturated carbocycles. The number of aryl methyl sites for hydroxylation is 2. The van der Waals surface area contributed by atoms with Gasteiger partial charge in [-0.25, -0.2) is 4.79 Å². The van der Waals surface area contributed by atoms with Crippen molar-refractivity contribution in [2.24, 2.45) is 0 Å². The summed E-state index contributed by atoms with van der Waals surface area (Å²) >= 11 is 0. The quantitative estimate of drug-likeness (QED) is 0.259. The minimum atomic E-state index is -0.378. The van der Waals surface area contributed by atoms with E-state index in [4.69, 9.17) is 14.2 Å². The van der Waals surface area contributed by atoms with E-state index in [1.165, 1.54) is 7.11 Å². The topological polar surface area (TPSA) is 66.8 Å². The summed E-state index contributed by atoms with van der Waals surface area (Å²) in [5, 5.41) is 1.08. The highest BCUT2D eigenvalue weighted by molar-refractivity contribution is 6.16. The number of benzene rings is 3. The van der Waals surface area contributed by atoms with Crippen molar-refractivity contribution in [1.82, 2.24) is 4.57 Å². The fourth-order valence-electron chi connectivity index (χ4n) is 4.38. The van der Waals surface area contributed by atoms with Crippen molar-refractivity contribution in [3.05, 3.63) is 100 Å². The van der Waals surface area contributed by atoms with E-state index in [0.29, 0.717) is 35.0 Å². The Morgan fingerprint density at radius 2 is 1.86 bits per heavy atom. The number of rotatable bonds is 6. The highest BCUT2D eigenvalue weighted by Gasteiger charge is 2.30. The number of ether oxygens (including phenoxy) is 3. The molecule has 176 valence electrons. The maximum atomic E-state index is 13.2. The van der Waals surface area contributed by atoms with Crippen LogP contribution in [0.5, 0.6) is 11.5 Å². The first kappa shape index (κ1) is 22.5. The van der Waals surface area contributed by atoms with Crippen LogP contribution in [0.4, 0.5) is 0 Å². The van der Waals surface area contributed by atoms with Crippen LogP contribution in [0.3, 0.4) is 0 Å². The molecule has 4 aromatic rings. The van der Waals surface area contributed by atoms with Crippen molar-refractivity contribution in [1.29, 1.82) is 0 Å². The third-order valence-corrected chi connectivity index (χ3v) is 6.17. The van der Waals surface area contributed by atoms with Crippen LogP contribution in [0.1, 0.15) is 44.3 Å². The molecule has 0 unspecified atom stereocenters. The first-order valence-corrected chi connectivity index (χ1v) is 11.4. The maximum Gasteiger partial charge on any atom is 0.337 e. The van der Waals surface area contributed by atoms with Crippen molar-refractivity contribution < 1.29 is 23.8 Å². The molecule has 0 atom stereocenters. The minimum absolute atomic E-state index is 0.129. The summed E-state index contributed by atoms with van der Waals surface area (Å²) in [5.41, 5.74) is 4.81. The maximum absolute atomic E-state index is 13.2. The number of nitrogens with zero attached hydrogens (tertiary/aromatic N) is 1. The van der Waals surface area contributed by atoms with Gasteiger partial charge in [0.1, 0.15) is 18.1 Å². The largest absolute Gasteiger partial charge is 0.489 e. The third kappa shape index (κ3) is 4.19. The number of carbonyl (C=O) groups is 2. The highest BCUT2D eigenvalue weighted by atomic mass is 16.5. The van der Waals surface area contributed by atoms with Gasteiger partial charge in [0.25, 0.3) is 0 Å². The van der Waals surface area contributed by atoms with Crippen LogP contribution in [-0.4, -0.2) is 23.4 Å². The molecule has 3 aromatic carbocycles. The number of carbonyl (C=O) groups excluding carboxylic acids is 2. The van der Waals surface area contributed by atoms with Crippen molar-refractivity contribution in [3.8, 4) is 11.5 Å². The number of allylic oxidation sites excluding steroid dienone is 1. The van der Waals surface area contributed by atoms with Crippen molar-refractivity contribution in [2.75, 3.05) is 7.11 Å². The molecule has 0 saturated heterocycles. The zero-order chi connectivity index (χ0) is 24.5. The number of methoxy groups -OCH3 is 1. The number of fused-ring (bicyclic) bond motifs is 2. The number of aromatic nitrogens is 1. The van der Waals surface area contributed by atoms with Gasteiger partial charge < -0.3 is 18.8 Å². The van der Waals surface area contributed by atoms with Gasteiger partial charge in [0.2, 0.25) is 5.78 Å². The normalized spacial score (nSPS) is 13.7. The van der Waals surface area contributed by atoms with E-state index in [0.717, 1.165) is 34.1 Å². The molecule has 0 bridgehead atoms. The Labute approximate surface area is 203 Å². The van der Waals surface area contributed by atoms with Crippen LogP contribution in [0.2, 0.25) is 0 Å². The molecule has 1 aliphatic rings. The van der Waals surface area contributed by atoms with Gasteiger partial charge in [0.15, 0.2) is 5.76 Å². The Morgan fingerprint density at radius 1 is 1.09 bits per heavy atom. The smallest absolute Gasteiger partial charge is 0.337 e. The molecule has 0 aliphatic carbocycles. The molecular formula is C29H25NO5. The number of para-hydroxylation sites is 1. The Bertz CT molecular complexity index is 1480. The van der Waals surface area contributed by atoms with Crippen LogP contribution in [0.15, 0.2) is 72.6 Å². The molecule has 0 amide bonds. The van der Waals surface area contributed by atoms with E-state index >= 15 is 0 Å². The average molecular weight is 468 g/mol. The molecule has 6 heteroatoms. The van der Waals surface area contributed by atoms with E-state index in [2.05, 4.69) is 23.6 Å². The van der Waals surface area contributed by atoms with E-state index in [-0.39, 0.29) is 11.8 Å². The van der Waals surface area contributed by atoms with Gasteiger partial charge in [-0.1, -0.05) is 30.3 Å². The van der Waals surface area contributed by atoms with Crippen LogP contribution in [0.25, 0.3) is 17.0 Å². The van der Waals surface area contributed by atoms with Crippen molar-refractivity contribution >= 4 is 28.7 Å². The minimum Gasteiger partial charge on any atom is -0.489 e. The van der Waals surface area contributed by atoms with E-state index < -0.39 is 0 Å². The van der Waals surface area contributed by atoms with Gasteiger partial charge in [0, 0.05) is 35.3 Å². The Hall–Kier alpha value is -4.32. The van der Waals surface area contributed by atoms with Crippen LogP contribution in [-0.2, 0) is 17.9 Å². The second kappa shape index (κ2) is 9.14. The molecule has 5 rings (SSSR count). The molecule has 0 spiro atoms. The number of Topliss-reactive ketones (excluding diaryl/α,β-unsaturated/α-hetero) is 1. The molecule has 1 aromatic heterocycles. The molecular weight excluding hydrogens is 442 g/mol. The summed E-state index contributed by atoms with van der Waals surface area (Å²) in [6.07, 6.45) is 3.86. The number of esters is 1. The van der Waals surface area contributed by atoms with E-state index in [1.807, 2.05) is 49.5 Å². The first-order chi connectivity index (χ1) is 17.0. The van der Waals surface area contributed by atoms with Gasteiger partial charge in [-0.05, 0) is 55.3 Å². The third-order valence-electron chi connectivity index (χ3n) is 6.17. The lowest BCUT2D eigenvalue weighted by Crippen LogP contribution is -2.02. The predicted molar refractivity (Wildman–Crippen MR) is 134 cm³/mol. The lowest BCUT2D eigenvalue weighted by atomic mass is 10.0. The van der Waals surface area contributed by atoms with Gasteiger partial charge in [-0.15, -0.1) is 0 Å². The number of hydrogen-bond donors (Lipinski definition) is 0. The Morgan fingerprint density at radius 3 is 2.60 bits per heavy atom. The average Bonchev–Trinajstić information content (AvgIpc) is 3.40. The summed E-state index contributed by atoms with van der Waals surface area (Å²) in [6.45, 7) is 5.12. The van der Waals surface area contributed by atoms with Crippen molar-refractivity contribution in [2.45, 2.75) is 27.0 Å². The highest BCUT2D eigenvalue weighted by Crippen LogP contribution is 2.38. The van der Waals surface area contributed by atoms with Crippen molar-refractivity contribution in [3.63, 3.8) is 0 Å². The first-order valence-electron chi connectivity index (χ1n) is 11.4. The molecule has 35 heavy (non-hydrogen) atoms. The number of ketones is 1. The molecule has 0 fully saturated rings. The predicted octanol–water partition coefficient (Wildman–Crippen LogP) is 5.95. The van der Waals surface area contributed by atoms with Gasteiger partial charge in [0.05, 0.1) is 18.2 Å². The second-order valence-electron chi connectivity index (χ2n) is 8.42. The zero-order valence-corrected chi connectivity index (χ0v) is 19.8. The van der Waals surface area contributed by atoms with Crippen LogP contribution in [0, 0.1) is 6.92 Å². The van der Waals surface area contributed by atoms with Crippen LogP contribution < -0.4 is 9.47 Å². The molecule has 1 aliphatic heterocycles. The molecule has 0 radical (unpaired) electrons. The number of hydrogen-bond acceptors (Lipinski definition) is 5. The Balaban J connectivity index is 1.37. The fourth-order valence-corrected chi connectivity index (χ4v) is 4.38. The standard InChI is InChI=1S/C29H25NO5/c1-4-30-16-21(23-7-5-6-8-24(23)30)14-26-28(31)27-18(2)13-22(15-25(27)35-26)34-17-19-9-11-20(12-10-19)29(32)33-3/h5-16H,4,17H2,1-3H3/b26-14-. The second-order valence-corrected chi connectivity index (χ2v) is 8.42. The Kier molecular flexibility index (Phi) is 5.87. The monoisotopic (exact) mass is 467 g/mol. The van der Waals surface area contributed by atoms with E-state index in [1.54, 1.807) is 18.2 Å². The summed E-state index contributed by atoms with van der Waals surface area (Å²) in [5.74, 6) is 0.900. The van der Waals surface area contributed by atoms with Gasteiger partial charge >= 0.3 is 5.97 Å². The van der Waals surface area contributed by atoms with Gasteiger partial charge in [-0.2, -0.15) is 0 Å². The summed E-state index contributed by atoms with van der Waals surface area (Å²) in [6, 6.07) is 18.8. The summed E-state index contributed by atoms with van der Waals surface area (Å²) in [4.78, 5) is 24.8. The summed E-state index contributed by atoms with van der Waals surface area (Å²) in [7, 11) is 1.35. The van der Waals surface area contributed by atoms with E-state index in [9.17, 15) is 9.59 Å². The van der Waals surface area contributed by atoms with Crippen LogP contribution >= 0.6 is 0 Å². The van der Waals surface area contributed by atoms with Gasteiger partial charge in [-0.3, -0.25) is 4.79 Å².